The van der Waals surface area contributed by atoms with Gasteiger partial charge in [-0.2, -0.15) is 4.99 Å². The number of aryl methyl sites for hydroxylation is 2. The highest BCUT2D eigenvalue weighted by Gasteiger charge is 2.26. The summed E-state index contributed by atoms with van der Waals surface area (Å²) in [7, 11) is 0. The van der Waals surface area contributed by atoms with Gasteiger partial charge in [-0.3, -0.25) is 15.5 Å². The second-order valence-electron chi connectivity index (χ2n) is 5.76. The molecule has 1 aromatic rings. The summed E-state index contributed by atoms with van der Waals surface area (Å²) >= 11 is 3.46. The standard InChI is InChI=1S/C16H18BrN5O2/c1-8-3-10(17)4-9(2)13(8)19-5-12-14(18)21-16(22-15(12)23)20-11-6-24-7-11/h3-5,11,19H,6-7H2,1-2H3,(H3,18,20,21,22,23)/b12-5+. The Bertz CT molecular complexity index is 745. The minimum atomic E-state index is -0.363. The molecular weight excluding hydrogens is 374 g/mol. The van der Waals surface area contributed by atoms with Crippen LogP contribution in [0.2, 0.25) is 0 Å². The zero-order valence-electron chi connectivity index (χ0n) is 13.4. The summed E-state index contributed by atoms with van der Waals surface area (Å²) in [5, 5.41) is 16.8. The lowest BCUT2D eigenvalue weighted by molar-refractivity contribution is -0.115. The number of hydrogen-bond acceptors (Lipinski definition) is 5. The average Bonchev–Trinajstić information content (AvgIpc) is 2.44. The highest BCUT2D eigenvalue weighted by atomic mass is 79.9. The summed E-state index contributed by atoms with van der Waals surface area (Å²) in [6.45, 7) is 5.11. The van der Waals surface area contributed by atoms with Crippen molar-refractivity contribution in [3.63, 3.8) is 0 Å². The smallest absolute Gasteiger partial charge is 0.263 e. The van der Waals surface area contributed by atoms with Gasteiger partial charge in [-0.15, -0.1) is 0 Å². The van der Waals surface area contributed by atoms with Gasteiger partial charge in [0.1, 0.15) is 0 Å². The number of nitrogens with zero attached hydrogens (tertiary/aromatic N) is 1. The molecule has 1 aromatic carbocycles. The van der Waals surface area contributed by atoms with E-state index in [1.165, 1.54) is 6.20 Å². The van der Waals surface area contributed by atoms with Crippen LogP contribution in [0.3, 0.4) is 0 Å². The van der Waals surface area contributed by atoms with E-state index in [2.05, 4.69) is 36.9 Å². The zero-order chi connectivity index (χ0) is 17.3. The van der Waals surface area contributed by atoms with E-state index >= 15 is 0 Å². The molecular formula is C16H18BrN5O2. The molecule has 0 aliphatic carbocycles. The quantitative estimate of drug-likeness (QED) is 0.590. The molecule has 0 atom stereocenters. The molecule has 8 heteroatoms. The number of nitrogens with one attached hydrogen (secondary N) is 4. The van der Waals surface area contributed by atoms with Crippen molar-refractivity contribution in [1.82, 2.24) is 10.6 Å². The highest BCUT2D eigenvalue weighted by molar-refractivity contribution is 9.10. The minimum absolute atomic E-state index is 0.0820. The summed E-state index contributed by atoms with van der Waals surface area (Å²) in [6.07, 6.45) is 1.52. The van der Waals surface area contributed by atoms with Crippen LogP contribution in [0.25, 0.3) is 0 Å². The van der Waals surface area contributed by atoms with Crippen LogP contribution < -0.4 is 16.0 Å². The molecule has 2 aliphatic rings. The van der Waals surface area contributed by atoms with Crippen LogP contribution in [0.4, 0.5) is 5.69 Å². The van der Waals surface area contributed by atoms with Crippen LogP contribution in [-0.4, -0.2) is 37.0 Å². The normalized spacial score (nSPS) is 19.6. The number of anilines is 1. The van der Waals surface area contributed by atoms with Crippen molar-refractivity contribution in [2.75, 3.05) is 18.5 Å². The number of amides is 1. The van der Waals surface area contributed by atoms with Crippen LogP contribution in [0, 0.1) is 19.3 Å². The maximum atomic E-state index is 12.2. The van der Waals surface area contributed by atoms with E-state index in [1.807, 2.05) is 26.0 Å². The number of hydrogen-bond donors (Lipinski definition) is 4. The van der Waals surface area contributed by atoms with Crippen molar-refractivity contribution in [2.24, 2.45) is 4.99 Å². The second-order valence-corrected chi connectivity index (χ2v) is 6.67. The molecule has 0 bridgehead atoms. The van der Waals surface area contributed by atoms with Gasteiger partial charge < -0.3 is 15.4 Å². The summed E-state index contributed by atoms with van der Waals surface area (Å²) in [5.41, 5.74) is 3.17. The first-order valence-corrected chi connectivity index (χ1v) is 8.30. The third-order valence-electron chi connectivity index (χ3n) is 3.79. The molecule has 7 nitrogen and oxygen atoms in total. The second kappa shape index (κ2) is 6.74. The fourth-order valence-electron chi connectivity index (χ4n) is 2.48. The lowest BCUT2D eigenvalue weighted by Crippen LogP contribution is -2.55. The monoisotopic (exact) mass is 391 g/mol. The van der Waals surface area contributed by atoms with Crippen molar-refractivity contribution >= 4 is 39.3 Å². The lowest BCUT2D eigenvalue weighted by Gasteiger charge is -2.29. The van der Waals surface area contributed by atoms with E-state index in [1.54, 1.807) is 0 Å². The zero-order valence-corrected chi connectivity index (χ0v) is 15.0. The van der Waals surface area contributed by atoms with Crippen molar-refractivity contribution in [2.45, 2.75) is 19.9 Å². The summed E-state index contributed by atoms with van der Waals surface area (Å²) in [4.78, 5) is 16.3. The fourth-order valence-corrected chi connectivity index (χ4v) is 3.17. The summed E-state index contributed by atoms with van der Waals surface area (Å²) in [6, 6.07) is 4.11. The van der Waals surface area contributed by atoms with Gasteiger partial charge in [0, 0.05) is 16.4 Å². The Kier molecular flexibility index (Phi) is 4.68. The molecule has 0 unspecified atom stereocenters. The van der Waals surface area contributed by atoms with Gasteiger partial charge in [-0.25, -0.2) is 0 Å². The molecule has 0 spiro atoms. The lowest BCUT2D eigenvalue weighted by atomic mass is 10.1. The maximum absolute atomic E-state index is 12.2. The van der Waals surface area contributed by atoms with Gasteiger partial charge in [0.05, 0.1) is 24.8 Å². The van der Waals surface area contributed by atoms with Gasteiger partial charge in [0.15, 0.2) is 5.84 Å². The van der Waals surface area contributed by atoms with Crippen molar-refractivity contribution in [1.29, 1.82) is 5.41 Å². The number of rotatable bonds is 3. The van der Waals surface area contributed by atoms with E-state index < -0.39 is 0 Å². The Morgan fingerprint density at radius 1 is 1.38 bits per heavy atom. The number of ether oxygens (including phenoxy) is 1. The molecule has 1 amide bonds. The molecule has 0 saturated carbocycles. The van der Waals surface area contributed by atoms with Gasteiger partial charge in [0.25, 0.3) is 5.91 Å². The number of carbonyl (C=O) groups is 1. The largest absolute Gasteiger partial charge is 0.377 e. The number of halogens is 1. The van der Waals surface area contributed by atoms with E-state index in [9.17, 15) is 4.79 Å². The molecule has 24 heavy (non-hydrogen) atoms. The Labute approximate surface area is 148 Å². The van der Waals surface area contributed by atoms with Crippen molar-refractivity contribution < 1.29 is 9.53 Å². The summed E-state index contributed by atoms with van der Waals surface area (Å²) < 4.78 is 6.06. The van der Waals surface area contributed by atoms with Crippen LogP contribution in [0.5, 0.6) is 0 Å². The number of guanidine groups is 1. The van der Waals surface area contributed by atoms with E-state index in [0.29, 0.717) is 19.2 Å². The minimum Gasteiger partial charge on any atom is -0.377 e. The van der Waals surface area contributed by atoms with Crippen LogP contribution in [-0.2, 0) is 9.53 Å². The molecule has 0 radical (unpaired) electrons. The first kappa shape index (κ1) is 16.7. The molecule has 2 aliphatic heterocycles. The molecule has 126 valence electrons. The summed E-state index contributed by atoms with van der Waals surface area (Å²) in [5.74, 6) is -0.148. The Morgan fingerprint density at radius 3 is 2.58 bits per heavy atom. The SMILES string of the molecule is Cc1cc(Br)cc(C)c1N/C=C1\C(=N)N=C(NC2COC2)NC1=O. The van der Waals surface area contributed by atoms with Gasteiger partial charge in [-0.1, -0.05) is 15.9 Å². The van der Waals surface area contributed by atoms with Gasteiger partial charge in [0.2, 0.25) is 5.96 Å². The van der Waals surface area contributed by atoms with Crippen LogP contribution in [0.1, 0.15) is 11.1 Å². The van der Waals surface area contributed by atoms with E-state index in [0.717, 1.165) is 21.3 Å². The third kappa shape index (κ3) is 3.49. The first-order valence-electron chi connectivity index (χ1n) is 7.50. The molecule has 0 aromatic heterocycles. The Hall–Kier alpha value is -2.19. The highest BCUT2D eigenvalue weighted by Crippen LogP contribution is 2.25. The van der Waals surface area contributed by atoms with Crippen LogP contribution >= 0.6 is 15.9 Å². The van der Waals surface area contributed by atoms with Crippen LogP contribution in [0.15, 0.2) is 33.4 Å². The number of aliphatic imine (C=N–C) groups is 1. The van der Waals surface area contributed by atoms with E-state index in [-0.39, 0.29) is 23.4 Å². The van der Waals surface area contributed by atoms with E-state index in [4.69, 9.17) is 10.1 Å². The third-order valence-corrected chi connectivity index (χ3v) is 4.25. The predicted molar refractivity (Wildman–Crippen MR) is 96.4 cm³/mol. The van der Waals surface area contributed by atoms with Gasteiger partial charge >= 0.3 is 0 Å². The molecule has 1 fully saturated rings. The number of benzene rings is 1. The average molecular weight is 392 g/mol. The number of amidine groups is 1. The van der Waals surface area contributed by atoms with Crippen molar-refractivity contribution in [3.05, 3.63) is 39.5 Å². The molecule has 1 saturated heterocycles. The molecule has 3 rings (SSSR count). The molecule has 2 heterocycles. The van der Waals surface area contributed by atoms with Gasteiger partial charge in [-0.05, 0) is 37.1 Å². The fraction of sp³-hybridized carbons (Fsp3) is 0.312. The Morgan fingerprint density at radius 2 is 2.04 bits per heavy atom. The first-order chi connectivity index (χ1) is 11.4. The Balaban J connectivity index is 1.76. The topological polar surface area (TPSA) is 98.6 Å². The molecule has 4 N–H and O–H groups in total. The predicted octanol–water partition coefficient (Wildman–Crippen LogP) is 1.81. The van der Waals surface area contributed by atoms with Crippen molar-refractivity contribution in [3.8, 4) is 0 Å². The maximum Gasteiger partial charge on any atom is 0.263 e. The number of carbonyl (C=O) groups excluding carboxylic acids is 1.